The van der Waals surface area contributed by atoms with Gasteiger partial charge in [0.1, 0.15) is 0 Å². The number of sulfone groups is 1. The summed E-state index contributed by atoms with van der Waals surface area (Å²) in [4.78, 5) is 17.5. The van der Waals surface area contributed by atoms with Crippen LogP contribution >= 0.6 is 11.8 Å². The zero-order chi connectivity index (χ0) is 16.1. The maximum absolute atomic E-state index is 11.9. The Morgan fingerprint density at radius 3 is 2.68 bits per heavy atom. The fraction of sp³-hybridized carbons (Fsp3) is 0.467. The fourth-order valence-corrected chi connectivity index (χ4v) is 7.01. The Hall–Kier alpha value is -1.34. The highest BCUT2D eigenvalue weighted by molar-refractivity contribution is 8.16. The molecule has 22 heavy (non-hydrogen) atoms. The van der Waals surface area contributed by atoms with Gasteiger partial charge in [0.05, 0.1) is 17.5 Å². The van der Waals surface area contributed by atoms with E-state index in [4.69, 9.17) is 0 Å². The second kappa shape index (κ2) is 5.38. The van der Waals surface area contributed by atoms with E-state index in [0.29, 0.717) is 5.17 Å². The van der Waals surface area contributed by atoms with Crippen molar-refractivity contribution in [1.82, 2.24) is 0 Å². The molecule has 0 bridgehead atoms. The summed E-state index contributed by atoms with van der Waals surface area (Å²) in [6.07, 6.45) is 0. The van der Waals surface area contributed by atoms with Gasteiger partial charge in [0.25, 0.3) is 0 Å². The van der Waals surface area contributed by atoms with Crippen LogP contribution in [0.25, 0.3) is 0 Å². The van der Waals surface area contributed by atoms with Gasteiger partial charge in [-0.3, -0.25) is 4.79 Å². The molecule has 2 atom stereocenters. The molecule has 2 aliphatic heterocycles. The predicted molar refractivity (Wildman–Crippen MR) is 90.3 cm³/mol. The highest BCUT2D eigenvalue weighted by Gasteiger charge is 2.49. The van der Waals surface area contributed by atoms with Crippen molar-refractivity contribution in [3.63, 3.8) is 0 Å². The minimum absolute atomic E-state index is 0.0520. The second-order valence-electron chi connectivity index (χ2n) is 5.87. The first-order valence-corrected chi connectivity index (χ1v) is 9.80. The summed E-state index contributed by atoms with van der Waals surface area (Å²) in [5.41, 5.74) is 3.14. The third-order valence-electron chi connectivity index (χ3n) is 3.93. The van der Waals surface area contributed by atoms with E-state index < -0.39 is 9.84 Å². The van der Waals surface area contributed by atoms with E-state index in [1.807, 2.05) is 30.9 Å². The summed E-state index contributed by atoms with van der Waals surface area (Å²) in [6, 6.07) is 5.89. The first-order valence-electron chi connectivity index (χ1n) is 7.10. The maximum Gasteiger partial charge on any atom is 0.244 e. The highest BCUT2D eigenvalue weighted by Crippen LogP contribution is 2.41. The van der Waals surface area contributed by atoms with Crippen LogP contribution in [-0.2, 0) is 14.6 Å². The Labute approximate surface area is 134 Å². The van der Waals surface area contributed by atoms with E-state index in [-0.39, 0.29) is 28.7 Å². The lowest BCUT2D eigenvalue weighted by atomic mass is 10.1. The van der Waals surface area contributed by atoms with Gasteiger partial charge in [0, 0.05) is 17.9 Å². The lowest BCUT2D eigenvalue weighted by Gasteiger charge is -2.26. The summed E-state index contributed by atoms with van der Waals surface area (Å²) in [6.45, 7) is 5.43. The largest absolute Gasteiger partial charge is 0.315 e. The third-order valence-corrected chi connectivity index (χ3v) is 7.14. The Morgan fingerprint density at radius 1 is 1.32 bits per heavy atom. The normalized spacial score (nSPS) is 28.1. The number of benzene rings is 1. The molecular weight excluding hydrogens is 320 g/mol. The number of hydrogen-bond donors (Lipinski definition) is 0. The van der Waals surface area contributed by atoms with Crippen LogP contribution in [0.1, 0.15) is 18.1 Å². The molecule has 5 nitrogen and oxygen atoms in total. The van der Waals surface area contributed by atoms with Crippen molar-refractivity contribution in [2.24, 2.45) is 4.99 Å². The van der Waals surface area contributed by atoms with Gasteiger partial charge in [0.2, 0.25) is 5.91 Å². The molecule has 2 fully saturated rings. The Morgan fingerprint density at radius 2 is 2.05 bits per heavy atom. The average molecular weight is 338 g/mol. The number of nitrogens with zero attached hydrogens (tertiary/aromatic N) is 2. The van der Waals surface area contributed by atoms with Gasteiger partial charge < -0.3 is 4.90 Å². The average Bonchev–Trinajstić information content (AvgIpc) is 2.81. The fourth-order valence-electron chi connectivity index (χ4n) is 3.06. The van der Waals surface area contributed by atoms with Crippen LogP contribution in [0.3, 0.4) is 0 Å². The quantitative estimate of drug-likeness (QED) is 0.783. The van der Waals surface area contributed by atoms with Crippen LogP contribution in [0.2, 0.25) is 0 Å². The van der Waals surface area contributed by atoms with Gasteiger partial charge in [0.15, 0.2) is 15.0 Å². The van der Waals surface area contributed by atoms with Crippen molar-refractivity contribution in [2.75, 3.05) is 16.4 Å². The molecular formula is C15H18N2O3S2. The first kappa shape index (κ1) is 15.6. The molecule has 3 rings (SSSR count). The number of aliphatic imine (C=N–C) groups is 1. The Balaban J connectivity index is 2.08. The first-order chi connectivity index (χ1) is 10.3. The predicted octanol–water partition coefficient (Wildman–Crippen LogP) is 1.92. The minimum Gasteiger partial charge on any atom is -0.315 e. The number of carbonyl (C=O) groups is 1. The van der Waals surface area contributed by atoms with Crippen molar-refractivity contribution in [1.29, 1.82) is 0 Å². The van der Waals surface area contributed by atoms with Gasteiger partial charge in [-0.2, -0.15) is 4.99 Å². The van der Waals surface area contributed by atoms with Crippen molar-refractivity contribution in [3.8, 4) is 0 Å². The Bertz CT molecular complexity index is 771. The van der Waals surface area contributed by atoms with Crippen LogP contribution in [0.15, 0.2) is 23.2 Å². The maximum atomic E-state index is 11.9. The molecule has 1 aromatic carbocycles. The standard InChI is InChI=1S/C15H18N2O3S2/c1-9-4-5-12(10(2)6-9)17-13-7-22(19,20)8-14(13)21-15(17)16-11(3)18/h4-6,13-14H,7-8H2,1-3H3/t13-,14-/m0/s1. The summed E-state index contributed by atoms with van der Waals surface area (Å²) in [5, 5.41) is 0.563. The summed E-state index contributed by atoms with van der Waals surface area (Å²) < 4.78 is 23.9. The summed E-state index contributed by atoms with van der Waals surface area (Å²) >= 11 is 1.40. The minimum atomic E-state index is -3.02. The van der Waals surface area contributed by atoms with Crippen LogP contribution in [0, 0.1) is 13.8 Å². The topological polar surface area (TPSA) is 66.8 Å². The smallest absolute Gasteiger partial charge is 0.244 e. The van der Waals surface area contributed by atoms with Crippen LogP contribution in [0.4, 0.5) is 5.69 Å². The number of aryl methyl sites for hydroxylation is 2. The number of amidine groups is 1. The molecule has 0 radical (unpaired) electrons. The number of hydrogen-bond acceptors (Lipinski definition) is 4. The molecule has 1 amide bonds. The van der Waals surface area contributed by atoms with Crippen molar-refractivity contribution < 1.29 is 13.2 Å². The molecule has 1 aromatic rings. The van der Waals surface area contributed by atoms with E-state index in [1.165, 1.54) is 18.7 Å². The number of carbonyl (C=O) groups excluding carboxylic acids is 1. The van der Waals surface area contributed by atoms with E-state index in [2.05, 4.69) is 11.1 Å². The summed E-state index contributed by atoms with van der Waals surface area (Å²) in [7, 11) is -3.02. The SMILES string of the molecule is CC(=O)N=C1S[C@H]2CS(=O)(=O)C[C@@H]2N1c1ccc(C)cc1C. The number of rotatable bonds is 1. The number of thioether (sulfide) groups is 1. The molecule has 2 aliphatic rings. The molecule has 118 valence electrons. The molecule has 2 saturated heterocycles. The van der Waals surface area contributed by atoms with Crippen molar-refractivity contribution >= 4 is 38.4 Å². The molecule has 0 spiro atoms. The molecule has 0 N–H and O–H groups in total. The Kier molecular flexibility index (Phi) is 3.81. The van der Waals surface area contributed by atoms with E-state index in [0.717, 1.165) is 16.8 Å². The number of amides is 1. The van der Waals surface area contributed by atoms with E-state index >= 15 is 0 Å². The van der Waals surface area contributed by atoms with Gasteiger partial charge >= 0.3 is 0 Å². The number of anilines is 1. The zero-order valence-corrected chi connectivity index (χ0v) is 14.4. The number of fused-ring (bicyclic) bond motifs is 1. The highest BCUT2D eigenvalue weighted by atomic mass is 32.2. The van der Waals surface area contributed by atoms with Crippen molar-refractivity contribution in [3.05, 3.63) is 29.3 Å². The van der Waals surface area contributed by atoms with Crippen molar-refractivity contribution in [2.45, 2.75) is 32.1 Å². The monoisotopic (exact) mass is 338 g/mol. The molecule has 7 heteroatoms. The molecule has 0 aromatic heterocycles. The molecule has 2 heterocycles. The second-order valence-corrected chi connectivity index (χ2v) is 9.23. The molecule has 0 aliphatic carbocycles. The van der Waals surface area contributed by atoms with Crippen LogP contribution in [-0.4, -0.2) is 42.3 Å². The van der Waals surface area contributed by atoms with Crippen LogP contribution < -0.4 is 4.90 Å². The van der Waals surface area contributed by atoms with Gasteiger partial charge in [-0.15, -0.1) is 0 Å². The zero-order valence-electron chi connectivity index (χ0n) is 12.7. The van der Waals surface area contributed by atoms with Gasteiger partial charge in [-0.05, 0) is 25.5 Å². The summed E-state index contributed by atoms with van der Waals surface area (Å²) in [5.74, 6) is 0.00959. The molecule has 0 saturated carbocycles. The van der Waals surface area contributed by atoms with Gasteiger partial charge in [-0.25, -0.2) is 8.42 Å². The lowest BCUT2D eigenvalue weighted by molar-refractivity contribution is -0.115. The van der Waals surface area contributed by atoms with E-state index in [1.54, 1.807) is 0 Å². The van der Waals surface area contributed by atoms with Crippen LogP contribution in [0.5, 0.6) is 0 Å². The van der Waals surface area contributed by atoms with Gasteiger partial charge in [-0.1, -0.05) is 29.5 Å². The molecule has 0 unspecified atom stereocenters. The third kappa shape index (κ3) is 2.79. The van der Waals surface area contributed by atoms with E-state index in [9.17, 15) is 13.2 Å². The lowest BCUT2D eigenvalue weighted by Crippen LogP contribution is -2.38.